The van der Waals surface area contributed by atoms with Crippen molar-refractivity contribution in [2.75, 3.05) is 25.5 Å². The molecule has 2 aliphatic rings. The summed E-state index contributed by atoms with van der Waals surface area (Å²) >= 11 is 0. The Morgan fingerprint density at radius 3 is 2.94 bits per heavy atom. The summed E-state index contributed by atoms with van der Waals surface area (Å²) in [5.41, 5.74) is 1.62. The van der Waals surface area contributed by atoms with E-state index in [2.05, 4.69) is 10.6 Å². The van der Waals surface area contributed by atoms with Gasteiger partial charge in [0.1, 0.15) is 5.75 Å². The average Bonchev–Trinajstić information content (AvgIpc) is 2.69. The van der Waals surface area contributed by atoms with Crippen LogP contribution in [0.4, 0.5) is 10.5 Å². The number of hydrogen-bond acceptors (Lipinski definition) is 3. The van der Waals surface area contributed by atoms with Gasteiger partial charge < -0.3 is 20.3 Å². The van der Waals surface area contributed by atoms with Crippen molar-refractivity contribution in [2.45, 2.75) is 6.04 Å². The number of rotatable bonds is 1. The van der Waals surface area contributed by atoms with Crippen LogP contribution in [-0.4, -0.2) is 37.0 Å². The lowest BCUT2D eigenvalue weighted by atomic mass is 10.1. The highest BCUT2D eigenvalue weighted by Gasteiger charge is 2.28. The van der Waals surface area contributed by atoms with Crippen LogP contribution in [-0.2, 0) is 4.79 Å². The molecule has 6 nitrogen and oxygen atoms in total. The Balaban J connectivity index is 1.88. The molecule has 3 rings (SSSR count). The fourth-order valence-electron chi connectivity index (χ4n) is 2.17. The Morgan fingerprint density at radius 1 is 1.39 bits per heavy atom. The second-order valence-electron chi connectivity index (χ2n) is 4.48. The Kier molecular flexibility index (Phi) is 2.36. The van der Waals surface area contributed by atoms with Crippen molar-refractivity contribution < 1.29 is 14.3 Å². The third-order valence-electron chi connectivity index (χ3n) is 3.14. The minimum absolute atomic E-state index is 0.0494. The number of urea groups is 1. The molecule has 0 aliphatic carbocycles. The highest BCUT2D eigenvalue weighted by Crippen LogP contribution is 2.31. The molecule has 2 heterocycles. The number of nitrogens with zero attached hydrogens (tertiary/aromatic N) is 1. The van der Waals surface area contributed by atoms with Gasteiger partial charge in [0.15, 0.2) is 6.61 Å². The summed E-state index contributed by atoms with van der Waals surface area (Å²) in [6.45, 7) is 0.668. The molecule has 1 aromatic rings. The molecule has 18 heavy (non-hydrogen) atoms. The lowest BCUT2D eigenvalue weighted by Crippen LogP contribution is -2.26. The van der Waals surface area contributed by atoms with Gasteiger partial charge in [-0.15, -0.1) is 0 Å². The van der Waals surface area contributed by atoms with Crippen LogP contribution < -0.4 is 15.4 Å². The second kappa shape index (κ2) is 3.90. The first kappa shape index (κ1) is 10.9. The number of amides is 3. The number of benzene rings is 1. The van der Waals surface area contributed by atoms with E-state index in [1.54, 1.807) is 11.9 Å². The van der Waals surface area contributed by atoms with Crippen LogP contribution in [0.3, 0.4) is 0 Å². The van der Waals surface area contributed by atoms with Gasteiger partial charge in [-0.1, -0.05) is 6.07 Å². The fraction of sp³-hybridized carbons (Fsp3) is 0.333. The molecule has 1 unspecified atom stereocenters. The Bertz CT molecular complexity index is 529. The van der Waals surface area contributed by atoms with Gasteiger partial charge in [-0.05, 0) is 17.7 Å². The topological polar surface area (TPSA) is 70.7 Å². The number of likely N-dealkylation sites (N-methyl/N-ethyl adjacent to an activating group) is 1. The fourth-order valence-corrected chi connectivity index (χ4v) is 2.17. The quantitative estimate of drug-likeness (QED) is 0.768. The number of hydrogen-bond donors (Lipinski definition) is 2. The molecule has 3 amide bonds. The number of nitrogens with one attached hydrogen (secondary N) is 2. The van der Waals surface area contributed by atoms with Crippen molar-refractivity contribution in [3.63, 3.8) is 0 Å². The number of carbonyl (C=O) groups is 2. The number of carbonyl (C=O) groups excluding carboxylic acids is 2. The molecule has 2 N–H and O–H groups in total. The molecular formula is C12H13N3O3. The summed E-state index contributed by atoms with van der Waals surface area (Å²) in [7, 11) is 1.75. The van der Waals surface area contributed by atoms with Gasteiger partial charge in [0.2, 0.25) is 0 Å². The summed E-state index contributed by atoms with van der Waals surface area (Å²) in [5, 5.41) is 5.63. The first-order valence-corrected chi connectivity index (χ1v) is 5.72. The first-order valence-electron chi connectivity index (χ1n) is 5.72. The van der Waals surface area contributed by atoms with E-state index < -0.39 is 0 Å². The van der Waals surface area contributed by atoms with Crippen LogP contribution in [0.25, 0.3) is 0 Å². The maximum atomic E-state index is 11.4. The van der Waals surface area contributed by atoms with Gasteiger partial charge in [-0.2, -0.15) is 0 Å². The predicted octanol–water partition coefficient (Wildman–Crippen LogP) is 0.714. The van der Waals surface area contributed by atoms with Crippen LogP contribution in [0.5, 0.6) is 5.75 Å². The Labute approximate surface area is 104 Å². The second-order valence-corrected chi connectivity index (χ2v) is 4.48. The largest absolute Gasteiger partial charge is 0.482 e. The van der Waals surface area contributed by atoms with Crippen molar-refractivity contribution in [1.29, 1.82) is 0 Å². The van der Waals surface area contributed by atoms with E-state index in [1.807, 2.05) is 18.2 Å². The van der Waals surface area contributed by atoms with Crippen LogP contribution in [0, 0.1) is 0 Å². The molecule has 94 valence electrons. The molecule has 6 heteroatoms. The zero-order valence-corrected chi connectivity index (χ0v) is 9.90. The summed E-state index contributed by atoms with van der Waals surface area (Å²) in [5.74, 6) is 0.503. The maximum Gasteiger partial charge on any atom is 0.317 e. The Hall–Kier alpha value is -2.24. The molecule has 0 bridgehead atoms. The van der Waals surface area contributed by atoms with E-state index in [0.29, 0.717) is 18.0 Å². The van der Waals surface area contributed by atoms with E-state index in [4.69, 9.17) is 4.74 Å². The van der Waals surface area contributed by atoms with Gasteiger partial charge >= 0.3 is 6.03 Å². The summed E-state index contributed by atoms with van der Waals surface area (Å²) in [4.78, 5) is 24.3. The van der Waals surface area contributed by atoms with E-state index in [9.17, 15) is 9.59 Å². The molecule has 0 aromatic heterocycles. The van der Waals surface area contributed by atoms with Crippen LogP contribution in [0.15, 0.2) is 18.2 Å². The molecule has 1 fully saturated rings. The maximum absolute atomic E-state index is 11.4. The van der Waals surface area contributed by atoms with E-state index >= 15 is 0 Å². The molecular weight excluding hydrogens is 234 g/mol. The van der Waals surface area contributed by atoms with Crippen molar-refractivity contribution >= 4 is 17.6 Å². The molecule has 0 spiro atoms. The summed E-state index contributed by atoms with van der Waals surface area (Å²) in [6.07, 6.45) is 0. The first-order chi connectivity index (χ1) is 8.63. The van der Waals surface area contributed by atoms with Crippen LogP contribution >= 0.6 is 0 Å². The van der Waals surface area contributed by atoms with Crippen molar-refractivity contribution in [2.24, 2.45) is 0 Å². The summed E-state index contributed by atoms with van der Waals surface area (Å²) < 4.78 is 5.29. The van der Waals surface area contributed by atoms with Gasteiger partial charge in [-0.3, -0.25) is 4.79 Å². The van der Waals surface area contributed by atoms with E-state index in [0.717, 1.165) is 5.56 Å². The third-order valence-corrected chi connectivity index (χ3v) is 3.14. The SMILES string of the molecule is CN1CC(c2ccc3c(c2)NC(=O)CO3)NC1=O. The minimum atomic E-state index is -0.160. The van der Waals surface area contributed by atoms with Crippen molar-refractivity contribution in [3.8, 4) is 5.75 Å². The average molecular weight is 247 g/mol. The van der Waals surface area contributed by atoms with Crippen LogP contribution in [0.1, 0.15) is 11.6 Å². The molecule has 1 saturated heterocycles. The zero-order chi connectivity index (χ0) is 12.7. The van der Waals surface area contributed by atoms with Crippen LogP contribution in [0.2, 0.25) is 0 Å². The monoisotopic (exact) mass is 247 g/mol. The van der Waals surface area contributed by atoms with E-state index in [1.165, 1.54) is 0 Å². The van der Waals surface area contributed by atoms with Gasteiger partial charge in [-0.25, -0.2) is 4.79 Å². The highest BCUT2D eigenvalue weighted by molar-refractivity contribution is 5.95. The molecule has 2 aliphatic heterocycles. The molecule has 1 atom stereocenters. The van der Waals surface area contributed by atoms with Gasteiger partial charge in [0.25, 0.3) is 5.91 Å². The highest BCUT2D eigenvalue weighted by atomic mass is 16.5. The minimum Gasteiger partial charge on any atom is -0.482 e. The summed E-state index contributed by atoms with van der Waals surface area (Å²) in [6, 6.07) is 5.43. The number of anilines is 1. The smallest absolute Gasteiger partial charge is 0.317 e. The zero-order valence-electron chi connectivity index (χ0n) is 9.90. The van der Waals surface area contributed by atoms with E-state index in [-0.39, 0.29) is 24.6 Å². The number of fused-ring (bicyclic) bond motifs is 1. The van der Waals surface area contributed by atoms with Gasteiger partial charge in [0, 0.05) is 13.6 Å². The van der Waals surface area contributed by atoms with Crippen molar-refractivity contribution in [3.05, 3.63) is 23.8 Å². The standard InChI is InChI=1S/C12H13N3O3/c1-15-5-9(14-12(15)17)7-2-3-10-8(4-7)13-11(16)6-18-10/h2-4,9H,5-6H2,1H3,(H,13,16)(H,14,17). The molecule has 0 radical (unpaired) electrons. The number of ether oxygens (including phenoxy) is 1. The molecule has 1 aromatic carbocycles. The van der Waals surface area contributed by atoms with Gasteiger partial charge in [0.05, 0.1) is 11.7 Å². The normalized spacial score (nSPS) is 22.1. The molecule has 0 saturated carbocycles. The predicted molar refractivity (Wildman–Crippen MR) is 64.5 cm³/mol. The third kappa shape index (κ3) is 1.75. The lowest BCUT2D eigenvalue weighted by Gasteiger charge is -2.19. The Morgan fingerprint density at radius 2 is 2.22 bits per heavy atom. The van der Waals surface area contributed by atoms with Crippen molar-refractivity contribution in [1.82, 2.24) is 10.2 Å². The lowest BCUT2D eigenvalue weighted by molar-refractivity contribution is -0.118.